The van der Waals surface area contributed by atoms with E-state index in [2.05, 4.69) is 17.4 Å². The molecule has 5 N–H and O–H groups in total. The number of nitrogen functional groups attached to an aromatic ring is 1. The average Bonchev–Trinajstić information content (AvgIpc) is 3.48. The fraction of sp³-hybridized carbons (Fsp3) is 0.179. The fourth-order valence-corrected chi connectivity index (χ4v) is 4.81. The van der Waals surface area contributed by atoms with Crippen LogP contribution in [0.5, 0.6) is 5.75 Å². The third kappa shape index (κ3) is 4.17. The number of aromatic nitrogens is 2. The Morgan fingerprint density at radius 3 is 2.53 bits per heavy atom. The Labute approximate surface area is 208 Å². The number of fused-ring (bicyclic) bond motifs is 1. The summed E-state index contributed by atoms with van der Waals surface area (Å²) in [7, 11) is 1.53. The van der Waals surface area contributed by atoms with E-state index >= 15 is 0 Å². The maximum atomic E-state index is 12.6. The third-order valence-electron chi connectivity index (χ3n) is 6.62. The highest BCUT2D eigenvalue weighted by Gasteiger charge is 2.30. The summed E-state index contributed by atoms with van der Waals surface area (Å²) in [4.78, 5) is 24.9. The molecular formula is C28H27N5O3. The van der Waals surface area contributed by atoms with Gasteiger partial charge in [0.2, 0.25) is 0 Å². The van der Waals surface area contributed by atoms with Crippen molar-refractivity contribution in [3.63, 3.8) is 0 Å². The van der Waals surface area contributed by atoms with Crippen molar-refractivity contribution in [2.75, 3.05) is 12.8 Å². The number of ether oxygens (including phenoxy) is 1. The predicted molar refractivity (Wildman–Crippen MR) is 138 cm³/mol. The second-order valence-electron chi connectivity index (χ2n) is 8.75. The van der Waals surface area contributed by atoms with Crippen molar-refractivity contribution >= 4 is 17.6 Å². The van der Waals surface area contributed by atoms with Gasteiger partial charge in [0, 0.05) is 12.1 Å². The number of methoxy groups -OCH3 is 1. The van der Waals surface area contributed by atoms with E-state index in [0.29, 0.717) is 23.6 Å². The zero-order chi connectivity index (χ0) is 25.2. The number of hydrogen-bond acceptors (Lipinski definition) is 5. The Hall–Kier alpha value is -4.59. The van der Waals surface area contributed by atoms with Crippen molar-refractivity contribution < 1.29 is 14.3 Å². The summed E-state index contributed by atoms with van der Waals surface area (Å²) in [6, 6.07) is 22.7. The fourth-order valence-electron chi connectivity index (χ4n) is 4.81. The van der Waals surface area contributed by atoms with Gasteiger partial charge in [-0.25, -0.2) is 4.68 Å². The highest BCUT2D eigenvalue weighted by molar-refractivity contribution is 6.03. The first kappa shape index (κ1) is 23.2. The van der Waals surface area contributed by atoms with E-state index in [1.165, 1.54) is 12.7 Å². The van der Waals surface area contributed by atoms with Crippen LogP contribution in [-0.2, 0) is 13.0 Å². The van der Waals surface area contributed by atoms with Gasteiger partial charge >= 0.3 is 0 Å². The second-order valence-corrected chi connectivity index (χ2v) is 8.75. The summed E-state index contributed by atoms with van der Waals surface area (Å²) in [6.07, 6.45) is 1.78. The minimum absolute atomic E-state index is 0.0440. The van der Waals surface area contributed by atoms with Crippen LogP contribution in [-0.4, -0.2) is 28.7 Å². The minimum atomic E-state index is -0.617. The number of hydrogen-bond donors (Lipinski definition) is 3. The van der Waals surface area contributed by atoms with Gasteiger partial charge in [-0.05, 0) is 41.7 Å². The molecule has 36 heavy (non-hydrogen) atoms. The van der Waals surface area contributed by atoms with Gasteiger partial charge in [-0.15, -0.1) is 0 Å². The van der Waals surface area contributed by atoms with Crippen LogP contribution in [0.4, 0.5) is 5.82 Å². The zero-order valence-corrected chi connectivity index (χ0v) is 19.9. The molecule has 0 radical (unpaired) electrons. The number of carbonyl (C=O) groups excluding carboxylic acids is 2. The largest absolute Gasteiger partial charge is 0.496 e. The molecule has 0 fully saturated rings. The lowest BCUT2D eigenvalue weighted by Crippen LogP contribution is -2.23. The first-order valence-electron chi connectivity index (χ1n) is 11.7. The van der Waals surface area contributed by atoms with E-state index in [0.717, 1.165) is 29.5 Å². The van der Waals surface area contributed by atoms with Gasteiger partial charge < -0.3 is 21.5 Å². The van der Waals surface area contributed by atoms with Crippen molar-refractivity contribution in [2.24, 2.45) is 5.73 Å². The van der Waals surface area contributed by atoms with E-state index in [1.807, 2.05) is 42.5 Å². The number of anilines is 1. The molecule has 1 atom stereocenters. The molecule has 0 saturated heterocycles. The van der Waals surface area contributed by atoms with Crippen LogP contribution in [0.25, 0.3) is 11.3 Å². The average molecular weight is 482 g/mol. The Kier molecular flexibility index (Phi) is 6.16. The van der Waals surface area contributed by atoms with Crippen LogP contribution in [0, 0.1) is 0 Å². The quantitative estimate of drug-likeness (QED) is 0.371. The summed E-state index contributed by atoms with van der Waals surface area (Å²) in [5.74, 6) is -0.0566. The van der Waals surface area contributed by atoms with Gasteiger partial charge in [-0.2, -0.15) is 5.10 Å². The SMILES string of the molecule is COc1ccccc1C(=O)NCc1ccc(-c2nn([C@@H]3CCc4ccccc43)c(N)c2C(N)=O)cc1. The molecule has 2 amide bonds. The number of carbonyl (C=O) groups is 2. The number of amides is 2. The number of nitrogens with zero attached hydrogens (tertiary/aromatic N) is 2. The van der Waals surface area contributed by atoms with Crippen LogP contribution in [0.3, 0.4) is 0 Å². The Morgan fingerprint density at radius 2 is 1.78 bits per heavy atom. The first-order chi connectivity index (χ1) is 17.5. The van der Waals surface area contributed by atoms with Gasteiger partial charge in [0.25, 0.3) is 11.8 Å². The van der Waals surface area contributed by atoms with E-state index in [4.69, 9.17) is 21.3 Å². The highest BCUT2D eigenvalue weighted by atomic mass is 16.5. The zero-order valence-electron chi connectivity index (χ0n) is 19.9. The van der Waals surface area contributed by atoms with Gasteiger partial charge in [-0.1, -0.05) is 60.7 Å². The number of aryl methyl sites for hydroxylation is 1. The number of nitrogens with two attached hydrogens (primary N) is 2. The van der Waals surface area contributed by atoms with Gasteiger partial charge in [0.05, 0.1) is 18.7 Å². The third-order valence-corrected chi connectivity index (χ3v) is 6.62. The number of para-hydroxylation sites is 1. The Morgan fingerprint density at radius 1 is 1.06 bits per heavy atom. The molecule has 1 heterocycles. The van der Waals surface area contributed by atoms with Crippen molar-refractivity contribution in [1.29, 1.82) is 0 Å². The van der Waals surface area contributed by atoms with Crippen LogP contribution in [0.15, 0.2) is 72.8 Å². The molecule has 1 aliphatic carbocycles. The molecule has 4 aromatic rings. The summed E-state index contributed by atoms with van der Waals surface area (Å²) < 4.78 is 6.99. The summed E-state index contributed by atoms with van der Waals surface area (Å²) >= 11 is 0. The molecule has 0 aliphatic heterocycles. The molecule has 0 unspecified atom stereocenters. The standard InChI is InChI=1S/C28H27N5O3/c1-36-23-9-5-4-8-21(23)28(35)31-16-17-10-12-19(13-11-17)25-24(27(30)34)26(29)33(32-25)22-15-14-18-6-2-3-7-20(18)22/h2-13,22H,14-16,29H2,1H3,(H2,30,34)(H,31,35)/t22-/m1/s1. The van der Waals surface area contributed by atoms with Crippen LogP contribution in [0.2, 0.25) is 0 Å². The molecule has 0 saturated carbocycles. The second kappa shape index (κ2) is 9.58. The molecule has 8 nitrogen and oxygen atoms in total. The lowest BCUT2D eigenvalue weighted by Gasteiger charge is -2.14. The Balaban J connectivity index is 1.38. The molecule has 1 aliphatic rings. The molecule has 0 bridgehead atoms. The molecule has 182 valence electrons. The molecular weight excluding hydrogens is 454 g/mol. The van der Waals surface area contributed by atoms with Gasteiger partial charge in [-0.3, -0.25) is 9.59 Å². The molecule has 8 heteroatoms. The predicted octanol–water partition coefficient (Wildman–Crippen LogP) is 3.71. The molecule has 1 aromatic heterocycles. The molecule has 0 spiro atoms. The molecule has 5 rings (SSSR count). The van der Waals surface area contributed by atoms with E-state index < -0.39 is 5.91 Å². The van der Waals surface area contributed by atoms with Crippen molar-refractivity contribution in [3.8, 4) is 17.0 Å². The van der Waals surface area contributed by atoms with Gasteiger partial charge in [0.1, 0.15) is 22.8 Å². The van der Waals surface area contributed by atoms with Crippen LogP contribution in [0.1, 0.15) is 49.9 Å². The Bertz CT molecular complexity index is 1440. The van der Waals surface area contributed by atoms with Gasteiger partial charge in [0.15, 0.2) is 0 Å². The number of primary amides is 1. The van der Waals surface area contributed by atoms with E-state index in [1.54, 1.807) is 22.9 Å². The summed E-state index contributed by atoms with van der Waals surface area (Å²) in [6.45, 7) is 0.329. The maximum absolute atomic E-state index is 12.6. The lowest BCUT2D eigenvalue weighted by molar-refractivity contribution is 0.0946. The lowest BCUT2D eigenvalue weighted by atomic mass is 10.0. The smallest absolute Gasteiger partial charge is 0.255 e. The van der Waals surface area contributed by atoms with Crippen molar-refractivity contribution in [2.45, 2.75) is 25.4 Å². The first-order valence-corrected chi connectivity index (χ1v) is 11.7. The van der Waals surface area contributed by atoms with Crippen molar-refractivity contribution in [3.05, 3.63) is 101 Å². The highest BCUT2D eigenvalue weighted by Crippen LogP contribution is 2.38. The van der Waals surface area contributed by atoms with Crippen LogP contribution < -0.4 is 21.5 Å². The monoisotopic (exact) mass is 481 g/mol. The summed E-state index contributed by atoms with van der Waals surface area (Å²) in [5.41, 5.74) is 17.3. The van der Waals surface area contributed by atoms with E-state index in [9.17, 15) is 9.59 Å². The number of rotatable bonds is 7. The number of nitrogens with one attached hydrogen (secondary N) is 1. The topological polar surface area (TPSA) is 125 Å². The number of benzene rings is 3. The maximum Gasteiger partial charge on any atom is 0.255 e. The minimum Gasteiger partial charge on any atom is -0.496 e. The molecule has 3 aromatic carbocycles. The van der Waals surface area contributed by atoms with Crippen molar-refractivity contribution in [1.82, 2.24) is 15.1 Å². The summed E-state index contributed by atoms with van der Waals surface area (Å²) in [5, 5.41) is 7.66. The normalized spacial score (nSPS) is 14.3. The van der Waals surface area contributed by atoms with E-state index in [-0.39, 0.29) is 23.3 Å². The van der Waals surface area contributed by atoms with Crippen LogP contribution >= 0.6 is 0 Å².